The van der Waals surface area contributed by atoms with Crippen LogP contribution in [0.3, 0.4) is 0 Å². The molecule has 1 aliphatic heterocycles. The van der Waals surface area contributed by atoms with Crippen molar-refractivity contribution >= 4 is 23.6 Å². The van der Waals surface area contributed by atoms with E-state index in [1.165, 1.54) is 17.0 Å². The Morgan fingerprint density at radius 2 is 1.73 bits per heavy atom. The quantitative estimate of drug-likeness (QED) is 0.237. The van der Waals surface area contributed by atoms with E-state index in [-0.39, 0.29) is 37.9 Å². The number of aliphatic carboxylic acids is 3. The summed E-state index contributed by atoms with van der Waals surface area (Å²) in [7, 11) is 0. The average molecular weight is 424 g/mol. The molecule has 0 amide bonds. The minimum atomic E-state index is -1.72. The van der Waals surface area contributed by atoms with Crippen LogP contribution in [0.25, 0.3) is 0 Å². The van der Waals surface area contributed by atoms with E-state index < -0.39 is 28.9 Å². The van der Waals surface area contributed by atoms with E-state index in [9.17, 15) is 39.8 Å². The first-order chi connectivity index (χ1) is 14.2. The zero-order valence-corrected chi connectivity index (χ0v) is 16.1. The number of carboxylic acid groups (broad SMARTS) is 3. The fraction of sp³-hybridized carbons (Fsp3) is 0.500. The van der Waals surface area contributed by atoms with E-state index in [2.05, 4.69) is 5.32 Å². The van der Waals surface area contributed by atoms with E-state index in [4.69, 9.17) is 0 Å². The van der Waals surface area contributed by atoms with Crippen LogP contribution in [0.5, 0.6) is 0 Å². The zero-order valence-electron chi connectivity index (χ0n) is 16.1. The number of hydrogen-bond acceptors (Lipinski definition) is 8. The molecule has 0 aromatic heterocycles. The summed E-state index contributed by atoms with van der Waals surface area (Å²) in [5.41, 5.74) is 0.741. The number of rotatable bonds is 8. The van der Waals surface area contributed by atoms with E-state index in [1.54, 1.807) is 17.0 Å². The standard InChI is InChI=1S/C18H24N4O8/c23-15(24)11-21-8-7-20(16(17(25)26)18(27)28)6-5-19-10-14(21)9-12-1-3-13(4-2-12)22(29)30/h1-4,14,16,19H,5-11H2,(H,23,24)(H,25,26)(H,27,28). The monoisotopic (exact) mass is 424 g/mol. The molecule has 2 rings (SSSR count). The minimum absolute atomic E-state index is 0.0437. The normalized spacial score (nSPS) is 18.9. The number of carboxylic acids is 3. The Kier molecular flexibility index (Phi) is 8.21. The molecular weight excluding hydrogens is 400 g/mol. The topological polar surface area (TPSA) is 174 Å². The molecular formula is C18H24N4O8. The maximum Gasteiger partial charge on any atom is 0.332 e. The molecule has 1 aromatic carbocycles. The molecule has 4 N–H and O–H groups in total. The summed E-state index contributed by atoms with van der Waals surface area (Å²) < 4.78 is 0. The second-order valence-corrected chi connectivity index (χ2v) is 6.96. The number of non-ortho nitro benzene ring substituents is 1. The summed E-state index contributed by atoms with van der Waals surface area (Å²) in [6.45, 7) is 0.807. The van der Waals surface area contributed by atoms with Gasteiger partial charge in [0.2, 0.25) is 6.04 Å². The summed E-state index contributed by atoms with van der Waals surface area (Å²) in [6, 6.07) is 3.99. The molecule has 0 saturated carbocycles. The van der Waals surface area contributed by atoms with Crippen LogP contribution in [0.2, 0.25) is 0 Å². The van der Waals surface area contributed by atoms with Gasteiger partial charge in [0.05, 0.1) is 11.5 Å². The van der Waals surface area contributed by atoms with Gasteiger partial charge in [0.15, 0.2) is 0 Å². The predicted molar refractivity (Wildman–Crippen MR) is 103 cm³/mol. The number of carbonyl (C=O) groups is 3. The summed E-state index contributed by atoms with van der Waals surface area (Å²) in [5.74, 6) is -4.02. The molecule has 1 heterocycles. The van der Waals surface area contributed by atoms with Crippen LogP contribution in [0.4, 0.5) is 5.69 Å². The van der Waals surface area contributed by atoms with Crippen LogP contribution in [0.1, 0.15) is 5.56 Å². The molecule has 1 aromatic rings. The van der Waals surface area contributed by atoms with Gasteiger partial charge in [-0.25, -0.2) is 9.59 Å². The molecule has 0 spiro atoms. The van der Waals surface area contributed by atoms with Gasteiger partial charge in [-0.2, -0.15) is 0 Å². The lowest BCUT2D eigenvalue weighted by atomic mass is 10.0. The van der Waals surface area contributed by atoms with Gasteiger partial charge in [0.25, 0.3) is 5.69 Å². The van der Waals surface area contributed by atoms with Crippen LogP contribution >= 0.6 is 0 Å². The number of nitrogens with zero attached hydrogens (tertiary/aromatic N) is 3. The first kappa shape index (κ1) is 23.2. The molecule has 1 saturated heterocycles. The summed E-state index contributed by atoms with van der Waals surface area (Å²) in [4.78, 5) is 47.3. The Bertz CT molecular complexity index is 771. The minimum Gasteiger partial charge on any atom is -0.480 e. The Balaban J connectivity index is 2.19. The predicted octanol–water partition coefficient (Wildman–Crippen LogP) is -0.664. The van der Waals surface area contributed by atoms with E-state index in [0.29, 0.717) is 19.5 Å². The molecule has 1 atom stereocenters. The summed E-state index contributed by atoms with van der Waals surface area (Å²) >= 11 is 0. The molecule has 30 heavy (non-hydrogen) atoms. The number of nitro groups is 1. The van der Waals surface area contributed by atoms with Crippen LogP contribution in [-0.2, 0) is 20.8 Å². The van der Waals surface area contributed by atoms with Crippen molar-refractivity contribution in [1.82, 2.24) is 15.1 Å². The van der Waals surface area contributed by atoms with Crippen LogP contribution in [0.15, 0.2) is 24.3 Å². The van der Waals surface area contributed by atoms with Gasteiger partial charge in [0, 0.05) is 50.9 Å². The maximum absolute atomic E-state index is 11.4. The van der Waals surface area contributed by atoms with Crippen LogP contribution < -0.4 is 5.32 Å². The third-order valence-electron chi connectivity index (χ3n) is 4.94. The second-order valence-electron chi connectivity index (χ2n) is 6.96. The Morgan fingerprint density at radius 1 is 1.10 bits per heavy atom. The van der Waals surface area contributed by atoms with Crippen molar-refractivity contribution in [3.63, 3.8) is 0 Å². The van der Waals surface area contributed by atoms with Gasteiger partial charge in [-0.3, -0.25) is 24.7 Å². The lowest BCUT2D eigenvalue weighted by Crippen LogP contribution is -2.51. The Labute approximate surface area is 171 Å². The third-order valence-corrected chi connectivity index (χ3v) is 4.94. The first-order valence-corrected chi connectivity index (χ1v) is 9.28. The second kappa shape index (κ2) is 10.6. The van der Waals surface area contributed by atoms with Gasteiger partial charge < -0.3 is 20.6 Å². The molecule has 12 heteroatoms. The lowest BCUT2D eigenvalue weighted by molar-refractivity contribution is -0.384. The van der Waals surface area contributed by atoms with Gasteiger partial charge >= 0.3 is 17.9 Å². The molecule has 1 aliphatic rings. The third kappa shape index (κ3) is 6.47. The molecule has 1 unspecified atom stereocenters. The van der Waals surface area contributed by atoms with Crippen molar-refractivity contribution in [2.75, 3.05) is 39.3 Å². The molecule has 12 nitrogen and oxygen atoms in total. The van der Waals surface area contributed by atoms with E-state index >= 15 is 0 Å². The fourth-order valence-corrected chi connectivity index (χ4v) is 3.46. The Morgan fingerprint density at radius 3 is 2.27 bits per heavy atom. The maximum atomic E-state index is 11.4. The van der Waals surface area contributed by atoms with Crippen molar-refractivity contribution in [2.45, 2.75) is 18.5 Å². The number of nitrogens with one attached hydrogen (secondary N) is 1. The van der Waals surface area contributed by atoms with Gasteiger partial charge in [0.1, 0.15) is 0 Å². The highest BCUT2D eigenvalue weighted by Gasteiger charge is 2.34. The number of benzene rings is 1. The Hall–Kier alpha value is -3.09. The molecule has 164 valence electrons. The van der Waals surface area contributed by atoms with Crippen molar-refractivity contribution in [3.8, 4) is 0 Å². The lowest BCUT2D eigenvalue weighted by Gasteiger charge is -2.32. The molecule has 0 radical (unpaired) electrons. The highest BCUT2D eigenvalue weighted by atomic mass is 16.6. The van der Waals surface area contributed by atoms with E-state index in [1.807, 2.05) is 0 Å². The average Bonchev–Trinajstić information content (AvgIpc) is 2.74. The number of hydrogen-bond donors (Lipinski definition) is 4. The highest BCUT2D eigenvalue weighted by Crippen LogP contribution is 2.16. The largest absolute Gasteiger partial charge is 0.480 e. The molecule has 1 fully saturated rings. The highest BCUT2D eigenvalue weighted by molar-refractivity contribution is 5.97. The SMILES string of the molecule is O=C(O)CN1CCN(C(C(=O)O)C(=O)O)CCNCC1Cc1ccc([N+](=O)[O-])cc1. The van der Waals surface area contributed by atoms with E-state index in [0.717, 1.165) is 5.56 Å². The van der Waals surface area contributed by atoms with Crippen LogP contribution in [-0.4, -0.2) is 99.3 Å². The smallest absolute Gasteiger partial charge is 0.332 e. The van der Waals surface area contributed by atoms with Gasteiger partial charge in [-0.15, -0.1) is 0 Å². The number of nitro benzene ring substituents is 1. The van der Waals surface area contributed by atoms with Crippen molar-refractivity contribution in [3.05, 3.63) is 39.9 Å². The zero-order chi connectivity index (χ0) is 22.3. The summed E-state index contributed by atoms with van der Waals surface area (Å²) in [5, 5.41) is 41.7. The molecule has 0 bridgehead atoms. The van der Waals surface area contributed by atoms with Crippen molar-refractivity contribution < 1.29 is 34.6 Å². The van der Waals surface area contributed by atoms with Crippen LogP contribution in [0, 0.1) is 10.1 Å². The first-order valence-electron chi connectivity index (χ1n) is 9.28. The fourth-order valence-electron chi connectivity index (χ4n) is 3.46. The molecule has 0 aliphatic carbocycles. The van der Waals surface area contributed by atoms with Crippen molar-refractivity contribution in [2.24, 2.45) is 0 Å². The summed E-state index contributed by atoms with van der Waals surface area (Å²) in [6.07, 6.45) is 0.416. The van der Waals surface area contributed by atoms with Gasteiger partial charge in [-0.1, -0.05) is 12.1 Å². The van der Waals surface area contributed by atoms with Gasteiger partial charge in [-0.05, 0) is 12.0 Å². The van der Waals surface area contributed by atoms with Crippen molar-refractivity contribution in [1.29, 1.82) is 0 Å².